The molecule has 0 bridgehead atoms. The zero-order chi connectivity index (χ0) is 27.3. The number of aliphatic imine (C=N–C) groups is 1. The maximum absolute atomic E-state index is 13.8. The summed E-state index contributed by atoms with van der Waals surface area (Å²) in [5, 5.41) is 13.8. The number of pyridine rings is 2. The second-order valence-electron chi connectivity index (χ2n) is 8.67. The van der Waals surface area contributed by atoms with Gasteiger partial charge in [0, 0.05) is 57.0 Å². The van der Waals surface area contributed by atoms with Crippen LogP contribution in [0.3, 0.4) is 0 Å². The number of methoxy groups -OCH3 is 1. The monoisotopic (exact) mass is 534 g/mol. The first-order valence-corrected chi connectivity index (χ1v) is 11.8. The third kappa shape index (κ3) is 6.34. The van der Waals surface area contributed by atoms with Crippen molar-refractivity contribution in [2.45, 2.75) is 12.3 Å². The van der Waals surface area contributed by atoms with Crippen molar-refractivity contribution in [2.75, 3.05) is 51.3 Å². The van der Waals surface area contributed by atoms with Crippen molar-refractivity contribution in [3.8, 4) is 5.75 Å². The van der Waals surface area contributed by atoms with Gasteiger partial charge >= 0.3 is 6.18 Å². The van der Waals surface area contributed by atoms with Crippen LogP contribution in [0, 0.1) is 5.82 Å². The summed E-state index contributed by atoms with van der Waals surface area (Å²) in [6.07, 6.45) is -2.71. The number of halogens is 4. The molecule has 4 rings (SSSR count). The fourth-order valence-electron chi connectivity index (χ4n) is 4.29. The van der Waals surface area contributed by atoms with Gasteiger partial charge in [-0.3, -0.25) is 14.7 Å². The predicted octanol–water partition coefficient (Wildman–Crippen LogP) is 2.47. The summed E-state index contributed by atoms with van der Waals surface area (Å²) in [5.74, 6) is 0.270. The van der Waals surface area contributed by atoms with E-state index < -0.39 is 23.7 Å². The minimum absolute atomic E-state index is 0.0311. The van der Waals surface area contributed by atoms with Crippen LogP contribution >= 0.6 is 0 Å². The minimum atomic E-state index is -4.51. The van der Waals surface area contributed by atoms with Crippen molar-refractivity contribution < 1.29 is 32.2 Å². The molecule has 2 aromatic heterocycles. The number of β-amino-alcohol motifs (C(OH)–C–C–N with tert-alkyl or cyclic N) is 1. The summed E-state index contributed by atoms with van der Waals surface area (Å²) < 4.78 is 58.6. The van der Waals surface area contributed by atoms with E-state index >= 15 is 0 Å². The molecule has 1 unspecified atom stereocenters. The van der Waals surface area contributed by atoms with Gasteiger partial charge in [0.1, 0.15) is 23.2 Å². The molecule has 38 heavy (non-hydrogen) atoms. The Labute approximate surface area is 215 Å². The van der Waals surface area contributed by atoms with Crippen molar-refractivity contribution in [1.29, 1.82) is 0 Å². The number of alkyl halides is 3. The zero-order valence-electron chi connectivity index (χ0n) is 20.5. The first-order chi connectivity index (χ1) is 18.2. The Morgan fingerprint density at radius 1 is 1.21 bits per heavy atom. The van der Waals surface area contributed by atoms with Crippen molar-refractivity contribution in [1.82, 2.24) is 20.2 Å². The van der Waals surface area contributed by atoms with E-state index in [2.05, 4.69) is 20.3 Å². The number of rotatable bonds is 8. The van der Waals surface area contributed by atoms with Crippen LogP contribution in [0.15, 0.2) is 47.7 Å². The average molecular weight is 535 g/mol. The van der Waals surface area contributed by atoms with E-state index in [1.807, 2.05) is 9.80 Å². The number of nitrogens with one attached hydrogen (secondary N) is 1. The summed E-state index contributed by atoms with van der Waals surface area (Å²) in [5.41, 5.74) is -0.164. The average Bonchev–Trinajstić information content (AvgIpc) is 2.90. The highest BCUT2D eigenvalue weighted by atomic mass is 19.4. The molecule has 1 aromatic carbocycles. The van der Waals surface area contributed by atoms with Crippen LogP contribution in [0.5, 0.6) is 5.75 Å². The van der Waals surface area contributed by atoms with Gasteiger partial charge in [-0.2, -0.15) is 18.2 Å². The van der Waals surface area contributed by atoms with Crippen molar-refractivity contribution >= 4 is 29.0 Å². The fourth-order valence-corrected chi connectivity index (χ4v) is 4.29. The van der Waals surface area contributed by atoms with E-state index in [0.29, 0.717) is 55.1 Å². The van der Waals surface area contributed by atoms with Gasteiger partial charge < -0.3 is 20.1 Å². The van der Waals surface area contributed by atoms with E-state index in [9.17, 15) is 27.5 Å². The van der Waals surface area contributed by atoms with Crippen molar-refractivity contribution in [2.24, 2.45) is 4.99 Å². The van der Waals surface area contributed by atoms with E-state index in [1.54, 1.807) is 6.07 Å². The Bertz CT molecular complexity index is 1310. The number of carbonyl (C=O) groups excluding carboxylic acids is 1. The lowest BCUT2D eigenvalue weighted by Crippen LogP contribution is -2.50. The summed E-state index contributed by atoms with van der Waals surface area (Å²) in [7, 11) is 1.41. The van der Waals surface area contributed by atoms with Gasteiger partial charge in [-0.05, 0) is 30.3 Å². The first-order valence-electron chi connectivity index (χ1n) is 11.8. The number of aliphatic hydroxyl groups excluding tert-OH is 1. The number of aromatic nitrogens is 2. The lowest BCUT2D eigenvalue weighted by molar-refractivity contribution is -0.137. The largest absolute Gasteiger partial charge is 0.496 e. The van der Waals surface area contributed by atoms with E-state index in [4.69, 9.17) is 4.74 Å². The topological polar surface area (TPSA) is 103 Å². The highest BCUT2D eigenvalue weighted by Crippen LogP contribution is 2.33. The Balaban J connectivity index is 1.36. The van der Waals surface area contributed by atoms with E-state index in [1.165, 1.54) is 31.5 Å². The molecule has 3 heterocycles. The molecular formula is C25H26F4N6O3. The second kappa shape index (κ2) is 11.7. The molecule has 1 atom stereocenters. The maximum Gasteiger partial charge on any atom is 0.417 e. The van der Waals surface area contributed by atoms with Crippen molar-refractivity contribution in [3.63, 3.8) is 0 Å². The molecule has 1 amide bonds. The molecule has 3 aromatic rings. The Morgan fingerprint density at radius 3 is 2.66 bits per heavy atom. The van der Waals surface area contributed by atoms with Gasteiger partial charge in [0.25, 0.3) is 0 Å². The molecule has 1 saturated heterocycles. The molecule has 0 radical (unpaired) electrons. The number of hydrogen-bond acceptors (Lipinski definition) is 7. The standard InChI is InChI=1S/C25H26F4N6O3/c1-38-22-3-2-17(26)11-20(22)23(33-15-36)32-13-18(37)14-34-6-8-35(9-7-34)24-19-10-16(25(27,28)29)12-31-21(19)4-5-30-24/h2-5,10-12,15,18,37H,6-9,13-14H2,1H3,(H,32,33,36). The second-order valence-corrected chi connectivity index (χ2v) is 8.67. The highest BCUT2D eigenvalue weighted by Gasteiger charge is 2.32. The maximum atomic E-state index is 13.8. The number of nitrogens with zero attached hydrogens (tertiary/aromatic N) is 5. The number of anilines is 1. The molecule has 1 aliphatic rings. The van der Waals surface area contributed by atoms with Gasteiger partial charge in [0.15, 0.2) is 0 Å². The zero-order valence-corrected chi connectivity index (χ0v) is 20.5. The number of amides is 1. The predicted molar refractivity (Wildman–Crippen MR) is 133 cm³/mol. The van der Waals surface area contributed by atoms with E-state index in [-0.39, 0.29) is 24.5 Å². The molecule has 13 heteroatoms. The number of amidine groups is 1. The van der Waals surface area contributed by atoms with Gasteiger partial charge in [-0.15, -0.1) is 0 Å². The number of benzene rings is 1. The SMILES string of the molecule is COc1ccc(F)cc1/C(=N\C=O)NCC(O)CN1CCN(c2nccc3ncc(C(F)(F)F)cc23)CC1. The molecule has 1 fully saturated rings. The van der Waals surface area contributed by atoms with Crippen LogP contribution in [0.2, 0.25) is 0 Å². The fraction of sp³-hybridized carbons (Fsp3) is 0.360. The number of ether oxygens (including phenoxy) is 1. The number of carbonyl (C=O) groups is 1. The number of fused-ring (bicyclic) bond motifs is 1. The smallest absolute Gasteiger partial charge is 0.417 e. The van der Waals surface area contributed by atoms with Crippen LogP contribution in [-0.2, 0) is 11.0 Å². The summed E-state index contributed by atoms with van der Waals surface area (Å²) in [6.45, 7) is 2.37. The Hall–Kier alpha value is -3.84. The molecule has 0 saturated carbocycles. The third-order valence-electron chi connectivity index (χ3n) is 6.16. The van der Waals surface area contributed by atoms with Crippen LogP contribution in [0.25, 0.3) is 10.9 Å². The minimum Gasteiger partial charge on any atom is -0.496 e. The van der Waals surface area contributed by atoms with E-state index in [0.717, 1.165) is 12.3 Å². The van der Waals surface area contributed by atoms with Crippen LogP contribution in [0.1, 0.15) is 11.1 Å². The molecule has 202 valence electrons. The van der Waals surface area contributed by atoms with Crippen LogP contribution in [-0.4, -0.2) is 84.7 Å². The first kappa shape index (κ1) is 27.2. The van der Waals surface area contributed by atoms with Gasteiger partial charge in [-0.1, -0.05) is 0 Å². The van der Waals surface area contributed by atoms with Gasteiger partial charge in [0.2, 0.25) is 6.41 Å². The summed E-state index contributed by atoms with van der Waals surface area (Å²) in [6, 6.07) is 6.44. The number of aliphatic hydroxyl groups is 1. The molecule has 1 aliphatic heterocycles. The quantitative estimate of drug-likeness (QED) is 0.197. The number of piperazine rings is 1. The van der Waals surface area contributed by atoms with Gasteiger partial charge in [-0.25, -0.2) is 9.37 Å². The van der Waals surface area contributed by atoms with Crippen molar-refractivity contribution in [3.05, 3.63) is 59.7 Å². The van der Waals surface area contributed by atoms with Gasteiger partial charge in [0.05, 0.1) is 29.9 Å². The molecular weight excluding hydrogens is 508 g/mol. The lowest BCUT2D eigenvalue weighted by atomic mass is 10.1. The summed E-state index contributed by atoms with van der Waals surface area (Å²) >= 11 is 0. The lowest BCUT2D eigenvalue weighted by Gasteiger charge is -2.36. The number of hydrogen-bond donors (Lipinski definition) is 2. The highest BCUT2D eigenvalue weighted by molar-refractivity contribution is 6.04. The molecule has 2 N–H and O–H groups in total. The molecule has 9 nitrogen and oxygen atoms in total. The normalized spacial score (nSPS) is 15.9. The van der Waals surface area contributed by atoms with Crippen LogP contribution < -0.4 is 15.0 Å². The third-order valence-corrected chi connectivity index (χ3v) is 6.16. The van der Waals surface area contributed by atoms with Crippen LogP contribution in [0.4, 0.5) is 23.4 Å². The Morgan fingerprint density at radius 2 is 1.97 bits per heavy atom. The summed E-state index contributed by atoms with van der Waals surface area (Å²) in [4.78, 5) is 26.9. The molecule has 0 spiro atoms. The molecule has 0 aliphatic carbocycles. The Kier molecular flexibility index (Phi) is 8.37.